The first-order valence-electron chi connectivity index (χ1n) is 6.49. The molecule has 0 aromatic heterocycles. The topological polar surface area (TPSA) is 67.8 Å². The van der Waals surface area contributed by atoms with Gasteiger partial charge in [0.25, 0.3) is 0 Å². The standard InChI is InChI=1S/C16H17NO4/c1-20-14-6-2-12(3-7-14)10-17-13-4-8-15(9-5-13)21-11-16(18)19/h2-9,17H,10-11H2,1H3,(H,18,19). The fourth-order valence-electron chi connectivity index (χ4n) is 1.76. The van der Waals surface area contributed by atoms with Gasteiger partial charge in [0.1, 0.15) is 11.5 Å². The van der Waals surface area contributed by atoms with Gasteiger partial charge in [-0.25, -0.2) is 4.79 Å². The molecular weight excluding hydrogens is 270 g/mol. The van der Waals surface area contributed by atoms with Crippen LogP contribution in [0.3, 0.4) is 0 Å². The summed E-state index contributed by atoms with van der Waals surface area (Å²) in [5.74, 6) is 0.378. The summed E-state index contributed by atoms with van der Waals surface area (Å²) in [6.07, 6.45) is 0. The van der Waals surface area contributed by atoms with Crippen LogP contribution in [0.25, 0.3) is 0 Å². The summed E-state index contributed by atoms with van der Waals surface area (Å²) in [5.41, 5.74) is 2.08. The summed E-state index contributed by atoms with van der Waals surface area (Å²) < 4.78 is 10.2. The lowest BCUT2D eigenvalue weighted by molar-refractivity contribution is -0.139. The van der Waals surface area contributed by atoms with Crippen LogP contribution in [0, 0.1) is 0 Å². The van der Waals surface area contributed by atoms with Crippen molar-refractivity contribution in [1.29, 1.82) is 0 Å². The number of hydrogen-bond donors (Lipinski definition) is 2. The van der Waals surface area contributed by atoms with Crippen molar-refractivity contribution in [3.05, 3.63) is 54.1 Å². The van der Waals surface area contributed by atoms with Gasteiger partial charge in [0.2, 0.25) is 0 Å². The van der Waals surface area contributed by atoms with Crippen molar-refractivity contribution < 1.29 is 19.4 Å². The zero-order valence-corrected chi connectivity index (χ0v) is 11.7. The van der Waals surface area contributed by atoms with Crippen LogP contribution in [0.1, 0.15) is 5.56 Å². The number of methoxy groups -OCH3 is 1. The molecule has 2 rings (SSSR count). The van der Waals surface area contributed by atoms with E-state index in [2.05, 4.69) is 5.32 Å². The number of carboxylic acids is 1. The second-order valence-corrected chi connectivity index (χ2v) is 4.41. The molecule has 0 amide bonds. The maximum atomic E-state index is 10.4. The van der Waals surface area contributed by atoms with E-state index in [1.54, 1.807) is 19.2 Å². The van der Waals surface area contributed by atoms with Crippen molar-refractivity contribution in [2.45, 2.75) is 6.54 Å². The van der Waals surface area contributed by atoms with Crippen LogP contribution in [-0.4, -0.2) is 24.8 Å². The van der Waals surface area contributed by atoms with E-state index in [9.17, 15) is 4.79 Å². The third-order valence-electron chi connectivity index (χ3n) is 2.87. The van der Waals surface area contributed by atoms with E-state index < -0.39 is 5.97 Å². The number of hydrogen-bond acceptors (Lipinski definition) is 4. The highest BCUT2D eigenvalue weighted by atomic mass is 16.5. The Morgan fingerprint density at radius 2 is 1.67 bits per heavy atom. The molecule has 0 radical (unpaired) electrons. The Balaban J connectivity index is 1.86. The van der Waals surface area contributed by atoms with E-state index in [1.165, 1.54) is 0 Å². The molecule has 0 spiro atoms. The second-order valence-electron chi connectivity index (χ2n) is 4.41. The molecule has 5 nitrogen and oxygen atoms in total. The highest BCUT2D eigenvalue weighted by Gasteiger charge is 2.00. The molecule has 0 saturated carbocycles. The van der Waals surface area contributed by atoms with Gasteiger partial charge in [-0.3, -0.25) is 0 Å². The fraction of sp³-hybridized carbons (Fsp3) is 0.188. The minimum Gasteiger partial charge on any atom is -0.497 e. The molecule has 0 atom stereocenters. The van der Waals surface area contributed by atoms with Crippen molar-refractivity contribution in [2.75, 3.05) is 19.0 Å². The Labute approximate surface area is 123 Å². The number of benzene rings is 2. The minimum atomic E-state index is -0.989. The van der Waals surface area contributed by atoms with Crippen LogP contribution >= 0.6 is 0 Å². The molecule has 0 aliphatic heterocycles. The summed E-state index contributed by atoms with van der Waals surface area (Å²) in [5, 5.41) is 11.8. The summed E-state index contributed by atoms with van der Waals surface area (Å²) in [6.45, 7) is 0.359. The third-order valence-corrected chi connectivity index (χ3v) is 2.87. The summed E-state index contributed by atoms with van der Waals surface area (Å²) in [7, 11) is 1.64. The normalized spacial score (nSPS) is 9.95. The SMILES string of the molecule is COc1ccc(CNc2ccc(OCC(=O)O)cc2)cc1. The summed E-state index contributed by atoms with van der Waals surface area (Å²) in [4.78, 5) is 10.4. The van der Waals surface area contributed by atoms with Crippen molar-refractivity contribution in [2.24, 2.45) is 0 Å². The lowest BCUT2D eigenvalue weighted by Crippen LogP contribution is -2.09. The highest BCUT2D eigenvalue weighted by molar-refractivity contribution is 5.68. The third kappa shape index (κ3) is 4.72. The maximum absolute atomic E-state index is 10.4. The van der Waals surface area contributed by atoms with E-state index in [1.807, 2.05) is 36.4 Å². The van der Waals surface area contributed by atoms with Crippen molar-refractivity contribution in [3.8, 4) is 11.5 Å². The molecule has 0 saturated heterocycles. The Morgan fingerprint density at radius 3 is 2.24 bits per heavy atom. The Hall–Kier alpha value is -2.69. The number of anilines is 1. The molecule has 5 heteroatoms. The lowest BCUT2D eigenvalue weighted by Gasteiger charge is -2.08. The van der Waals surface area contributed by atoms with E-state index in [4.69, 9.17) is 14.6 Å². The van der Waals surface area contributed by atoms with Gasteiger partial charge in [-0.2, -0.15) is 0 Å². The molecule has 2 aromatic carbocycles. The number of aliphatic carboxylic acids is 1. The average Bonchev–Trinajstić information content (AvgIpc) is 2.52. The molecule has 2 N–H and O–H groups in total. The lowest BCUT2D eigenvalue weighted by atomic mass is 10.2. The summed E-state index contributed by atoms with van der Waals surface area (Å²) in [6, 6.07) is 15.0. The Morgan fingerprint density at radius 1 is 1.05 bits per heavy atom. The van der Waals surface area contributed by atoms with Gasteiger partial charge in [-0.15, -0.1) is 0 Å². The molecule has 0 fully saturated rings. The Kier molecular flexibility index (Phi) is 5.04. The molecule has 2 aromatic rings. The quantitative estimate of drug-likeness (QED) is 0.819. The second kappa shape index (κ2) is 7.19. The van der Waals surface area contributed by atoms with Crippen molar-refractivity contribution in [3.63, 3.8) is 0 Å². The van der Waals surface area contributed by atoms with Gasteiger partial charge in [-0.05, 0) is 42.0 Å². The number of ether oxygens (including phenoxy) is 2. The smallest absolute Gasteiger partial charge is 0.341 e. The van der Waals surface area contributed by atoms with Crippen LogP contribution in [0.15, 0.2) is 48.5 Å². The van der Waals surface area contributed by atoms with Crippen molar-refractivity contribution in [1.82, 2.24) is 0 Å². The van der Waals surface area contributed by atoms with Crippen LogP contribution in [0.5, 0.6) is 11.5 Å². The molecule has 0 aliphatic carbocycles. The molecular formula is C16H17NO4. The number of rotatable bonds is 7. The number of nitrogens with one attached hydrogen (secondary N) is 1. The van der Waals surface area contributed by atoms with E-state index in [0.717, 1.165) is 17.0 Å². The molecule has 0 unspecified atom stereocenters. The van der Waals surface area contributed by atoms with Crippen molar-refractivity contribution >= 4 is 11.7 Å². The maximum Gasteiger partial charge on any atom is 0.341 e. The predicted octanol–water partition coefficient (Wildman–Crippen LogP) is 2.77. The molecule has 0 bridgehead atoms. The fourth-order valence-corrected chi connectivity index (χ4v) is 1.76. The van der Waals surface area contributed by atoms with Gasteiger partial charge in [0, 0.05) is 12.2 Å². The largest absolute Gasteiger partial charge is 0.497 e. The van der Waals surface area contributed by atoms with Crippen LogP contribution in [0.2, 0.25) is 0 Å². The first kappa shape index (κ1) is 14.7. The van der Waals surface area contributed by atoms with Crippen LogP contribution in [-0.2, 0) is 11.3 Å². The Bertz CT molecular complexity index is 578. The molecule has 110 valence electrons. The van der Waals surface area contributed by atoms with E-state index >= 15 is 0 Å². The number of carbonyl (C=O) groups is 1. The van der Waals surface area contributed by atoms with Gasteiger partial charge < -0.3 is 19.9 Å². The van der Waals surface area contributed by atoms with Gasteiger partial charge in [0.15, 0.2) is 6.61 Å². The monoisotopic (exact) mass is 287 g/mol. The molecule has 21 heavy (non-hydrogen) atoms. The zero-order valence-electron chi connectivity index (χ0n) is 11.7. The molecule has 0 aliphatic rings. The van der Waals surface area contributed by atoms with E-state index in [-0.39, 0.29) is 6.61 Å². The van der Waals surface area contributed by atoms with Crippen LogP contribution < -0.4 is 14.8 Å². The molecule has 0 heterocycles. The van der Waals surface area contributed by atoms with E-state index in [0.29, 0.717) is 12.3 Å². The van der Waals surface area contributed by atoms with Gasteiger partial charge in [0.05, 0.1) is 7.11 Å². The predicted molar refractivity (Wildman–Crippen MR) is 79.9 cm³/mol. The summed E-state index contributed by atoms with van der Waals surface area (Å²) >= 11 is 0. The van der Waals surface area contributed by atoms with Gasteiger partial charge >= 0.3 is 5.97 Å². The van der Waals surface area contributed by atoms with Crippen LogP contribution in [0.4, 0.5) is 5.69 Å². The average molecular weight is 287 g/mol. The zero-order chi connectivity index (χ0) is 15.1. The first-order valence-corrected chi connectivity index (χ1v) is 6.49. The highest BCUT2D eigenvalue weighted by Crippen LogP contribution is 2.17. The van der Waals surface area contributed by atoms with Gasteiger partial charge in [-0.1, -0.05) is 12.1 Å². The number of carboxylic acid groups (broad SMARTS) is 1. The minimum absolute atomic E-state index is 0.335. The first-order chi connectivity index (χ1) is 10.2.